The molecule has 2 aromatic carbocycles. The van der Waals surface area contributed by atoms with E-state index in [0.717, 1.165) is 11.1 Å². The van der Waals surface area contributed by atoms with Crippen molar-refractivity contribution in [2.45, 2.75) is 20.8 Å². The van der Waals surface area contributed by atoms with Crippen molar-refractivity contribution in [3.63, 3.8) is 0 Å². The van der Waals surface area contributed by atoms with Crippen molar-refractivity contribution in [1.29, 1.82) is 0 Å². The van der Waals surface area contributed by atoms with E-state index in [4.69, 9.17) is 4.74 Å². The van der Waals surface area contributed by atoms with Crippen molar-refractivity contribution >= 4 is 23.3 Å². The summed E-state index contributed by atoms with van der Waals surface area (Å²) in [5, 5.41) is 0. The summed E-state index contributed by atoms with van der Waals surface area (Å²) in [7, 11) is 0. The Morgan fingerprint density at radius 3 is 2.32 bits per heavy atom. The number of amides is 1. The lowest BCUT2D eigenvalue weighted by Crippen LogP contribution is -2.23. The smallest absolute Gasteiger partial charge is 0.332 e. The number of benzene rings is 2. The van der Waals surface area contributed by atoms with Gasteiger partial charge in [-0.25, -0.2) is 9.18 Å². The van der Waals surface area contributed by atoms with E-state index in [1.54, 1.807) is 6.92 Å². The Bertz CT molecular complexity index is 885. The molecule has 25 heavy (non-hydrogen) atoms. The van der Waals surface area contributed by atoms with Crippen molar-refractivity contribution in [3.05, 3.63) is 70.5 Å². The fraction of sp³-hybridized carbons (Fsp3) is 0.200. The molecule has 1 amide bonds. The second kappa shape index (κ2) is 6.51. The van der Waals surface area contributed by atoms with E-state index < -0.39 is 11.8 Å². The van der Waals surface area contributed by atoms with Gasteiger partial charge < -0.3 is 4.74 Å². The lowest BCUT2D eigenvalue weighted by atomic mass is 10.0. The average Bonchev–Trinajstić information content (AvgIpc) is 2.81. The summed E-state index contributed by atoms with van der Waals surface area (Å²) in [6.45, 7) is 5.84. The van der Waals surface area contributed by atoms with Gasteiger partial charge in [0.2, 0.25) is 0 Å². The summed E-state index contributed by atoms with van der Waals surface area (Å²) < 4.78 is 18.3. The van der Waals surface area contributed by atoms with Crippen LogP contribution in [0.5, 0.6) is 0 Å². The number of carbonyl (C=O) groups excluding carboxylic acids is 2. The molecule has 3 rings (SSSR count). The predicted octanol–water partition coefficient (Wildman–Crippen LogP) is 4.01. The Balaban J connectivity index is 2.18. The number of fused-ring (bicyclic) bond motifs is 1. The van der Waals surface area contributed by atoms with E-state index in [9.17, 15) is 14.0 Å². The molecule has 2 aromatic rings. The van der Waals surface area contributed by atoms with Crippen molar-refractivity contribution in [1.82, 2.24) is 0 Å². The van der Waals surface area contributed by atoms with E-state index in [0.29, 0.717) is 22.5 Å². The summed E-state index contributed by atoms with van der Waals surface area (Å²) in [6, 6.07) is 9.29. The standard InChI is InChI=1S/C20H18FNO3/c1-4-25-19(23)11-18-16-9-12(2)13(3)10-17(16)20(24)22(18)15-7-5-14(21)6-8-15/h5-11H,4H2,1-3H3/b18-11+. The van der Waals surface area contributed by atoms with Crippen LogP contribution in [0.25, 0.3) is 5.70 Å². The first-order chi connectivity index (χ1) is 11.9. The number of hydrogen-bond donors (Lipinski definition) is 0. The zero-order valence-electron chi connectivity index (χ0n) is 14.3. The molecule has 0 aliphatic carbocycles. The number of aryl methyl sites for hydroxylation is 2. The molecular formula is C20H18FNO3. The van der Waals surface area contributed by atoms with Gasteiger partial charge in [-0.3, -0.25) is 9.69 Å². The highest BCUT2D eigenvalue weighted by Gasteiger charge is 2.34. The van der Waals surface area contributed by atoms with E-state index in [2.05, 4.69) is 0 Å². The quantitative estimate of drug-likeness (QED) is 0.627. The Morgan fingerprint density at radius 2 is 1.72 bits per heavy atom. The number of nitrogens with zero attached hydrogens (tertiary/aromatic N) is 1. The minimum Gasteiger partial charge on any atom is -0.463 e. The molecule has 0 unspecified atom stereocenters. The molecule has 0 radical (unpaired) electrons. The van der Waals surface area contributed by atoms with E-state index in [1.807, 2.05) is 26.0 Å². The highest BCUT2D eigenvalue weighted by molar-refractivity contribution is 6.24. The monoisotopic (exact) mass is 339 g/mol. The third-order valence-electron chi connectivity index (χ3n) is 4.21. The van der Waals surface area contributed by atoms with Gasteiger partial charge in [0.1, 0.15) is 5.82 Å². The highest BCUT2D eigenvalue weighted by Crippen LogP contribution is 2.38. The van der Waals surface area contributed by atoms with Gasteiger partial charge in [-0.1, -0.05) is 0 Å². The minimum atomic E-state index is -0.525. The van der Waals surface area contributed by atoms with E-state index in [-0.39, 0.29) is 12.5 Å². The second-order valence-corrected chi connectivity index (χ2v) is 5.88. The summed E-state index contributed by atoms with van der Waals surface area (Å²) in [5.74, 6) is -1.17. The number of anilines is 1. The lowest BCUT2D eigenvalue weighted by molar-refractivity contribution is -0.137. The number of rotatable bonds is 3. The lowest BCUT2D eigenvalue weighted by Gasteiger charge is -2.18. The molecule has 4 nitrogen and oxygen atoms in total. The topological polar surface area (TPSA) is 46.6 Å². The molecule has 0 saturated heterocycles. The fourth-order valence-corrected chi connectivity index (χ4v) is 2.84. The molecule has 0 aromatic heterocycles. The van der Waals surface area contributed by atoms with Gasteiger partial charge in [-0.15, -0.1) is 0 Å². The van der Waals surface area contributed by atoms with Crippen LogP contribution >= 0.6 is 0 Å². The van der Waals surface area contributed by atoms with Crippen LogP contribution in [0.2, 0.25) is 0 Å². The Kier molecular flexibility index (Phi) is 4.40. The maximum atomic E-state index is 13.3. The Labute approximate surface area is 145 Å². The zero-order valence-corrected chi connectivity index (χ0v) is 14.3. The van der Waals surface area contributed by atoms with E-state index >= 15 is 0 Å². The van der Waals surface area contributed by atoms with Gasteiger partial charge in [0, 0.05) is 22.9 Å². The molecule has 0 atom stereocenters. The van der Waals surface area contributed by atoms with Crippen LogP contribution < -0.4 is 4.90 Å². The number of hydrogen-bond acceptors (Lipinski definition) is 3. The summed E-state index contributed by atoms with van der Waals surface area (Å²) in [6.07, 6.45) is 1.31. The number of ether oxygens (including phenoxy) is 1. The SMILES string of the molecule is CCOC(=O)/C=C1\c2cc(C)c(C)cc2C(=O)N1c1ccc(F)cc1. The zero-order chi connectivity index (χ0) is 18.1. The van der Waals surface area contributed by atoms with Crippen molar-refractivity contribution in [3.8, 4) is 0 Å². The minimum absolute atomic E-state index is 0.243. The third-order valence-corrected chi connectivity index (χ3v) is 4.21. The summed E-state index contributed by atoms with van der Waals surface area (Å²) in [4.78, 5) is 26.4. The molecule has 0 N–H and O–H groups in total. The molecule has 0 spiro atoms. The molecule has 1 aliphatic rings. The molecule has 1 heterocycles. The van der Waals surface area contributed by atoms with Crippen molar-refractivity contribution < 1.29 is 18.7 Å². The number of esters is 1. The maximum absolute atomic E-state index is 13.3. The largest absolute Gasteiger partial charge is 0.463 e. The van der Waals surface area contributed by atoms with Crippen LogP contribution in [-0.2, 0) is 9.53 Å². The van der Waals surface area contributed by atoms with Crippen LogP contribution in [-0.4, -0.2) is 18.5 Å². The first-order valence-electron chi connectivity index (χ1n) is 8.02. The average molecular weight is 339 g/mol. The summed E-state index contributed by atoms with van der Waals surface area (Å²) in [5.41, 5.74) is 4.13. The van der Waals surface area contributed by atoms with Crippen LogP contribution in [0.4, 0.5) is 10.1 Å². The summed E-state index contributed by atoms with van der Waals surface area (Å²) >= 11 is 0. The normalized spacial score (nSPS) is 14.8. The molecule has 0 fully saturated rings. The van der Waals surface area contributed by atoms with Gasteiger partial charge in [-0.05, 0) is 68.3 Å². The Morgan fingerprint density at radius 1 is 1.12 bits per heavy atom. The van der Waals surface area contributed by atoms with Gasteiger partial charge in [-0.2, -0.15) is 0 Å². The molecular weight excluding hydrogens is 321 g/mol. The second-order valence-electron chi connectivity index (χ2n) is 5.88. The molecule has 0 saturated carbocycles. The van der Waals surface area contributed by atoms with Gasteiger partial charge in [0.25, 0.3) is 5.91 Å². The first-order valence-corrected chi connectivity index (χ1v) is 8.02. The van der Waals surface area contributed by atoms with Gasteiger partial charge in [0.05, 0.1) is 12.3 Å². The molecule has 128 valence electrons. The molecule has 0 bridgehead atoms. The van der Waals surface area contributed by atoms with Crippen molar-refractivity contribution in [2.24, 2.45) is 0 Å². The van der Waals surface area contributed by atoms with Gasteiger partial charge >= 0.3 is 5.97 Å². The van der Waals surface area contributed by atoms with Crippen molar-refractivity contribution in [2.75, 3.05) is 11.5 Å². The third kappa shape index (κ3) is 3.05. The number of halogens is 1. The van der Waals surface area contributed by atoms with E-state index in [1.165, 1.54) is 35.2 Å². The van der Waals surface area contributed by atoms with Gasteiger partial charge in [0.15, 0.2) is 0 Å². The maximum Gasteiger partial charge on any atom is 0.332 e. The van der Waals surface area contributed by atoms with Crippen LogP contribution in [0.3, 0.4) is 0 Å². The number of carbonyl (C=O) groups is 2. The fourth-order valence-electron chi connectivity index (χ4n) is 2.84. The van der Waals surface area contributed by atoms with Crippen LogP contribution in [0, 0.1) is 19.7 Å². The molecule has 1 aliphatic heterocycles. The molecule has 5 heteroatoms. The Hall–Kier alpha value is -2.95. The van der Waals surface area contributed by atoms with Crippen LogP contribution in [0.15, 0.2) is 42.5 Å². The highest BCUT2D eigenvalue weighted by atomic mass is 19.1. The first kappa shape index (κ1) is 16.9. The van der Waals surface area contributed by atoms with Crippen LogP contribution in [0.1, 0.15) is 34.0 Å². The predicted molar refractivity (Wildman–Crippen MR) is 93.7 cm³/mol.